The lowest BCUT2D eigenvalue weighted by atomic mass is 10.2. The minimum atomic E-state index is -0.0109. The minimum absolute atomic E-state index is 0.0109. The Bertz CT molecular complexity index is 618. The van der Waals surface area contributed by atoms with Crippen molar-refractivity contribution in [1.29, 1.82) is 0 Å². The van der Waals surface area contributed by atoms with Crippen molar-refractivity contribution in [2.24, 2.45) is 0 Å². The Morgan fingerprint density at radius 1 is 1.39 bits per heavy atom. The summed E-state index contributed by atoms with van der Waals surface area (Å²) < 4.78 is 12.8. The lowest BCUT2D eigenvalue weighted by Gasteiger charge is -2.24. The number of aromatic nitrogens is 3. The summed E-state index contributed by atoms with van der Waals surface area (Å²) >= 11 is 0. The first-order chi connectivity index (χ1) is 11.3. The lowest BCUT2D eigenvalue weighted by molar-refractivity contribution is -0.133. The van der Waals surface area contributed by atoms with Gasteiger partial charge in [0, 0.05) is 32.2 Å². The number of likely N-dealkylation sites (tertiary alicyclic amines) is 1. The Balaban J connectivity index is 1.62. The van der Waals surface area contributed by atoms with Crippen LogP contribution >= 0.6 is 0 Å². The van der Waals surface area contributed by atoms with E-state index in [9.17, 15) is 4.79 Å². The number of nitrogens with zero attached hydrogens (tertiary/aromatic N) is 4. The van der Waals surface area contributed by atoms with Crippen LogP contribution in [0, 0.1) is 0 Å². The van der Waals surface area contributed by atoms with Crippen LogP contribution in [-0.4, -0.2) is 58.0 Å². The summed E-state index contributed by atoms with van der Waals surface area (Å²) in [5.74, 6) is 0.723. The maximum Gasteiger partial charge on any atom is 0.244 e. The number of carbonyl (C=O) groups is 1. The van der Waals surface area contributed by atoms with Crippen LogP contribution in [0.5, 0.6) is 5.75 Å². The number of rotatable bonds is 6. The molecule has 1 aliphatic heterocycles. The third-order valence-corrected chi connectivity index (χ3v) is 3.96. The van der Waals surface area contributed by atoms with Gasteiger partial charge in [0.25, 0.3) is 0 Å². The van der Waals surface area contributed by atoms with Crippen molar-refractivity contribution >= 4 is 5.91 Å². The molecule has 0 aromatic carbocycles. The highest BCUT2D eigenvalue weighted by Crippen LogP contribution is 2.21. The normalized spacial score (nSPS) is 20.7. The maximum atomic E-state index is 12.5. The van der Waals surface area contributed by atoms with Crippen LogP contribution in [0.15, 0.2) is 43.0 Å². The smallest absolute Gasteiger partial charge is 0.244 e. The van der Waals surface area contributed by atoms with Crippen molar-refractivity contribution < 1.29 is 14.3 Å². The van der Waals surface area contributed by atoms with Gasteiger partial charge in [0.2, 0.25) is 5.91 Å². The van der Waals surface area contributed by atoms with Crippen molar-refractivity contribution in [3.63, 3.8) is 0 Å². The molecule has 1 amide bonds. The Kier molecular flexibility index (Phi) is 4.87. The van der Waals surface area contributed by atoms with Crippen molar-refractivity contribution in [2.75, 3.05) is 20.3 Å². The van der Waals surface area contributed by atoms with Crippen LogP contribution in [0.4, 0.5) is 0 Å². The molecule has 0 saturated carbocycles. The first kappa shape index (κ1) is 15.5. The van der Waals surface area contributed by atoms with E-state index in [-0.39, 0.29) is 24.6 Å². The van der Waals surface area contributed by atoms with E-state index in [0.29, 0.717) is 18.9 Å². The molecule has 2 aromatic heterocycles. The van der Waals surface area contributed by atoms with Crippen LogP contribution in [0.25, 0.3) is 0 Å². The highest BCUT2D eigenvalue weighted by atomic mass is 16.5. The van der Waals surface area contributed by atoms with E-state index in [1.54, 1.807) is 42.6 Å². The van der Waals surface area contributed by atoms with Crippen LogP contribution in [0.2, 0.25) is 0 Å². The van der Waals surface area contributed by atoms with Gasteiger partial charge in [0.1, 0.15) is 18.9 Å². The van der Waals surface area contributed by atoms with Crippen molar-refractivity contribution in [3.05, 3.63) is 43.0 Å². The van der Waals surface area contributed by atoms with Gasteiger partial charge in [-0.05, 0) is 24.6 Å². The van der Waals surface area contributed by atoms with Gasteiger partial charge in [-0.15, -0.1) is 0 Å². The van der Waals surface area contributed by atoms with Crippen molar-refractivity contribution in [2.45, 2.75) is 25.1 Å². The molecule has 122 valence electrons. The van der Waals surface area contributed by atoms with E-state index in [0.717, 1.165) is 6.42 Å². The number of carbonyl (C=O) groups excluding carboxylic acids is 1. The standard InChI is InChI=1S/C16H20N4O3/c1-22-15-8-13(12-23-14-4-2-5-17-9-14)20(10-15)16(21)11-19-7-3-6-18-19/h2-7,9,13,15H,8,10-12H2,1H3/t13-,15+/m0/s1. The summed E-state index contributed by atoms with van der Waals surface area (Å²) in [6.07, 6.45) is 7.61. The van der Waals surface area contributed by atoms with Crippen molar-refractivity contribution in [1.82, 2.24) is 19.7 Å². The molecule has 3 heterocycles. The fraction of sp³-hybridized carbons (Fsp3) is 0.438. The van der Waals surface area contributed by atoms with E-state index in [1.807, 2.05) is 17.0 Å². The summed E-state index contributed by atoms with van der Waals surface area (Å²) in [6, 6.07) is 5.47. The minimum Gasteiger partial charge on any atom is -0.490 e. The third kappa shape index (κ3) is 3.87. The van der Waals surface area contributed by atoms with E-state index >= 15 is 0 Å². The second kappa shape index (κ2) is 7.23. The summed E-state index contributed by atoms with van der Waals surface area (Å²) in [5.41, 5.74) is 0. The quantitative estimate of drug-likeness (QED) is 0.794. The molecule has 3 rings (SSSR count). The summed E-state index contributed by atoms with van der Waals surface area (Å²) in [4.78, 5) is 18.4. The Morgan fingerprint density at radius 3 is 3.00 bits per heavy atom. The molecule has 1 saturated heterocycles. The average molecular weight is 316 g/mol. The molecule has 2 atom stereocenters. The second-order valence-electron chi connectivity index (χ2n) is 5.50. The number of hydrogen-bond donors (Lipinski definition) is 0. The zero-order valence-electron chi connectivity index (χ0n) is 13.0. The predicted molar refractivity (Wildman–Crippen MR) is 82.9 cm³/mol. The molecule has 0 bridgehead atoms. The van der Waals surface area contributed by atoms with Crippen LogP contribution in [0.3, 0.4) is 0 Å². The lowest BCUT2D eigenvalue weighted by Crippen LogP contribution is -2.41. The first-order valence-corrected chi connectivity index (χ1v) is 7.59. The molecule has 0 N–H and O–H groups in total. The predicted octanol–water partition coefficient (Wildman–Crippen LogP) is 0.973. The molecular weight excluding hydrogens is 296 g/mol. The van der Waals surface area contributed by atoms with E-state index in [4.69, 9.17) is 9.47 Å². The zero-order valence-corrected chi connectivity index (χ0v) is 13.0. The van der Waals surface area contributed by atoms with Gasteiger partial charge in [-0.25, -0.2) is 0 Å². The number of methoxy groups -OCH3 is 1. The van der Waals surface area contributed by atoms with Gasteiger partial charge >= 0.3 is 0 Å². The second-order valence-corrected chi connectivity index (χ2v) is 5.50. The zero-order chi connectivity index (χ0) is 16.1. The molecular formula is C16H20N4O3. The molecule has 0 spiro atoms. The molecule has 7 heteroatoms. The molecule has 0 unspecified atom stereocenters. The fourth-order valence-electron chi connectivity index (χ4n) is 2.76. The van der Waals surface area contributed by atoms with E-state index in [1.165, 1.54) is 0 Å². The van der Waals surface area contributed by atoms with Gasteiger partial charge in [-0.2, -0.15) is 5.10 Å². The molecule has 2 aromatic rings. The summed E-state index contributed by atoms with van der Waals surface area (Å²) in [7, 11) is 1.67. The largest absolute Gasteiger partial charge is 0.490 e. The van der Waals surface area contributed by atoms with Crippen LogP contribution in [0.1, 0.15) is 6.42 Å². The van der Waals surface area contributed by atoms with Crippen LogP contribution in [-0.2, 0) is 16.1 Å². The fourth-order valence-corrected chi connectivity index (χ4v) is 2.76. The average Bonchev–Trinajstić information content (AvgIpc) is 3.23. The Hall–Kier alpha value is -2.41. The van der Waals surface area contributed by atoms with E-state index in [2.05, 4.69) is 10.1 Å². The number of ether oxygens (including phenoxy) is 2. The molecule has 0 aliphatic carbocycles. The molecule has 0 radical (unpaired) electrons. The number of hydrogen-bond acceptors (Lipinski definition) is 5. The molecule has 7 nitrogen and oxygen atoms in total. The Morgan fingerprint density at radius 2 is 2.30 bits per heavy atom. The molecule has 23 heavy (non-hydrogen) atoms. The summed E-state index contributed by atoms with van der Waals surface area (Å²) in [6.45, 7) is 1.24. The third-order valence-electron chi connectivity index (χ3n) is 3.96. The van der Waals surface area contributed by atoms with Crippen molar-refractivity contribution in [3.8, 4) is 5.75 Å². The number of amides is 1. The monoisotopic (exact) mass is 316 g/mol. The number of pyridine rings is 1. The van der Waals surface area contributed by atoms with Crippen LogP contribution < -0.4 is 4.74 Å². The van der Waals surface area contributed by atoms with E-state index < -0.39 is 0 Å². The maximum absolute atomic E-state index is 12.5. The van der Waals surface area contributed by atoms with Gasteiger partial charge in [0.05, 0.1) is 18.3 Å². The molecule has 1 fully saturated rings. The highest BCUT2D eigenvalue weighted by Gasteiger charge is 2.35. The van der Waals surface area contributed by atoms with Gasteiger partial charge in [0.15, 0.2) is 0 Å². The molecule has 1 aliphatic rings. The van der Waals surface area contributed by atoms with Gasteiger partial charge in [-0.1, -0.05) is 0 Å². The van der Waals surface area contributed by atoms with Gasteiger partial charge < -0.3 is 14.4 Å². The topological polar surface area (TPSA) is 69.5 Å². The van der Waals surface area contributed by atoms with Gasteiger partial charge in [-0.3, -0.25) is 14.5 Å². The first-order valence-electron chi connectivity index (χ1n) is 7.59. The SMILES string of the molecule is CO[C@@H]1C[C@@H](COc2cccnc2)N(C(=O)Cn2cccn2)C1. The Labute approximate surface area is 134 Å². The highest BCUT2D eigenvalue weighted by molar-refractivity contribution is 5.76. The summed E-state index contributed by atoms with van der Waals surface area (Å²) in [5, 5.41) is 4.08.